The summed E-state index contributed by atoms with van der Waals surface area (Å²) in [4.78, 5) is 0. The molecule has 0 spiro atoms. The summed E-state index contributed by atoms with van der Waals surface area (Å²) in [6, 6.07) is 35.7. The lowest BCUT2D eigenvalue weighted by molar-refractivity contribution is 0.669. The minimum atomic E-state index is -0.470. The van der Waals surface area contributed by atoms with Gasteiger partial charge in [0.15, 0.2) is 0 Å². The van der Waals surface area contributed by atoms with Crippen molar-refractivity contribution < 1.29 is 14.0 Å². The zero-order valence-electron chi connectivity index (χ0n) is 29.9. The maximum Gasteiger partial charge on any atom is 0.135 e. The lowest BCUT2D eigenvalue weighted by atomic mass is 9.84. The van der Waals surface area contributed by atoms with Crippen molar-refractivity contribution in [1.82, 2.24) is 0 Å². The topological polar surface area (TPSA) is 13.1 Å². The van der Waals surface area contributed by atoms with Crippen LogP contribution in [0, 0.1) is 0 Å². The fraction of sp³-hybridized carbons (Fsp3) is 0. The smallest absolute Gasteiger partial charge is 0.135 e. The number of furan rings is 1. The van der Waals surface area contributed by atoms with Crippen molar-refractivity contribution in [1.29, 1.82) is 0 Å². The van der Waals surface area contributed by atoms with E-state index in [0.29, 0.717) is 5.56 Å². The first-order valence-electron chi connectivity index (χ1n) is 17.7. The summed E-state index contributed by atoms with van der Waals surface area (Å²) in [5, 5.41) is 5.30. The van der Waals surface area contributed by atoms with Crippen molar-refractivity contribution >= 4 is 54.3 Å². The molecule has 9 aromatic rings. The van der Waals surface area contributed by atoms with Crippen LogP contribution in [0.3, 0.4) is 0 Å². The summed E-state index contributed by atoms with van der Waals surface area (Å²) in [6.07, 6.45) is 0. The first-order chi connectivity index (χ1) is 24.2. The Morgan fingerprint density at radius 1 is 0.395 bits per heavy atom. The molecule has 1 nitrogen and oxygen atoms in total. The van der Waals surface area contributed by atoms with Gasteiger partial charge in [0, 0.05) is 10.8 Å². The van der Waals surface area contributed by atoms with Gasteiger partial charge in [-0.05, 0) is 90.0 Å². The minimum absolute atomic E-state index is 0.0589. The van der Waals surface area contributed by atoms with Gasteiger partial charge in [0.2, 0.25) is 0 Å². The SMILES string of the molecule is [2H]c1c([2H])c([2H])c2c(-c3c4ccccc4c(-c4ccc5oc6ccc(-c7ccccc7)cc6c5c4)c4ccccc34)c([2H])c([2H])c([2H])c2c1[2H]. The molecule has 0 N–H and O–H groups in total. The second kappa shape index (κ2) is 9.44. The first-order valence-corrected chi connectivity index (χ1v) is 14.2. The molecule has 9 rings (SSSR count). The molecular weight excluding hydrogens is 520 g/mol. The molecule has 0 unspecified atom stereocenters. The third-order valence-corrected chi connectivity index (χ3v) is 8.36. The predicted molar refractivity (Wildman–Crippen MR) is 183 cm³/mol. The normalized spacial score (nSPS) is 14.0. The summed E-state index contributed by atoms with van der Waals surface area (Å²) >= 11 is 0. The molecule has 0 saturated carbocycles. The van der Waals surface area contributed by atoms with Gasteiger partial charge in [0.25, 0.3) is 0 Å². The molecule has 43 heavy (non-hydrogen) atoms. The van der Waals surface area contributed by atoms with Crippen LogP contribution in [0.5, 0.6) is 0 Å². The number of hydrogen-bond acceptors (Lipinski definition) is 1. The van der Waals surface area contributed by atoms with E-state index < -0.39 is 12.1 Å². The van der Waals surface area contributed by atoms with Crippen molar-refractivity contribution in [2.75, 3.05) is 0 Å². The molecule has 0 radical (unpaired) electrons. The third-order valence-electron chi connectivity index (χ3n) is 8.36. The fourth-order valence-corrected chi connectivity index (χ4v) is 6.45. The third kappa shape index (κ3) is 3.72. The Balaban J connectivity index is 1.39. The molecule has 0 aliphatic heterocycles. The highest BCUT2D eigenvalue weighted by Gasteiger charge is 2.19. The largest absolute Gasteiger partial charge is 0.456 e. The molecule has 1 heteroatoms. The van der Waals surface area contributed by atoms with Crippen LogP contribution in [0.15, 0.2) is 162 Å². The fourth-order valence-electron chi connectivity index (χ4n) is 6.45. The quantitative estimate of drug-likeness (QED) is 0.198. The van der Waals surface area contributed by atoms with Crippen LogP contribution in [0.25, 0.3) is 87.6 Å². The Labute approximate surface area is 259 Å². The number of hydrogen-bond donors (Lipinski definition) is 0. The van der Waals surface area contributed by atoms with E-state index in [0.717, 1.165) is 65.7 Å². The van der Waals surface area contributed by atoms with Crippen LogP contribution in [-0.4, -0.2) is 0 Å². The Hall–Kier alpha value is -5.66. The van der Waals surface area contributed by atoms with Crippen LogP contribution in [0.4, 0.5) is 0 Å². The monoisotopic (exact) mass is 553 g/mol. The summed E-state index contributed by atoms with van der Waals surface area (Å²) in [7, 11) is 0. The van der Waals surface area contributed by atoms with Gasteiger partial charge in [-0.15, -0.1) is 0 Å². The zero-order chi connectivity index (χ0) is 34.4. The van der Waals surface area contributed by atoms with Gasteiger partial charge in [-0.1, -0.05) is 133 Å². The summed E-state index contributed by atoms with van der Waals surface area (Å²) in [5.74, 6) is 0. The summed E-state index contributed by atoms with van der Waals surface area (Å²) in [5.41, 5.74) is 6.53. The number of rotatable bonds is 3. The van der Waals surface area contributed by atoms with Crippen molar-refractivity contribution in [3.05, 3.63) is 158 Å². The molecule has 1 aromatic heterocycles. The maximum atomic E-state index is 9.17. The van der Waals surface area contributed by atoms with Crippen molar-refractivity contribution in [3.63, 3.8) is 0 Å². The predicted octanol–water partition coefficient (Wildman–Crippen LogP) is 12.0. The Morgan fingerprint density at radius 2 is 0.953 bits per heavy atom. The molecule has 0 amide bonds. The van der Waals surface area contributed by atoms with Gasteiger partial charge < -0.3 is 4.42 Å². The molecule has 8 aromatic carbocycles. The molecule has 0 saturated heterocycles. The Bertz CT molecular complexity index is 2830. The highest BCUT2D eigenvalue weighted by Crippen LogP contribution is 2.46. The van der Waals surface area contributed by atoms with E-state index in [9.17, 15) is 1.37 Å². The summed E-state index contributed by atoms with van der Waals surface area (Å²) < 4.78 is 67.3. The van der Waals surface area contributed by atoms with Crippen LogP contribution in [-0.2, 0) is 0 Å². The molecule has 200 valence electrons. The lowest BCUT2D eigenvalue weighted by Gasteiger charge is -2.18. The zero-order valence-corrected chi connectivity index (χ0v) is 22.9. The number of benzene rings is 8. The molecule has 0 aliphatic carbocycles. The van der Waals surface area contributed by atoms with Gasteiger partial charge in [-0.25, -0.2) is 0 Å². The van der Waals surface area contributed by atoms with Crippen LogP contribution in [0.1, 0.15) is 9.60 Å². The van der Waals surface area contributed by atoms with E-state index in [4.69, 9.17) is 12.6 Å². The molecular formula is C42H26O. The van der Waals surface area contributed by atoms with Gasteiger partial charge >= 0.3 is 0 Å². The summed E-state index contributed by atoms with van der Waals surface area (Å²) in [6.45, 7) is 0. The lowest BCUT2D eigenvalue weighted by Crippen LogP contribution is -1.91. The van der Waals surface area contributed by atoms with Gasteiger partial charge in [0.05, 0.1) is 9.60 Å². The van der Waals surface area contributed by atoms with Crippen LogP contribution >= 0.6 is 0 Å². The average Bonchev–Trinajstić information content (AvgIpc) is 3.52. The van der Waals surface area contributed by atoms with Gasteiger partial charge in [0.1, 0.15) is 11.2 Å². The van der Waals surface area contributed by atoms with Crippen molar-refractivity contribution in [2.24, 2.45) is 0 Å². The van der Waals surface area contributed by atoms with Gasteiger partial charge in [-0.3, -0.25) is 0 Å². The molecule has 1 heterocycles. The van der Waals surface area contributed by atoms with E-state index in [1.54, 1.807) is 0 Å². The minimum Gasteiger partial charge on any atom is -0.456 e. The molecule has 0 fully saturated rings. The second-order valence-corrected chi connectivity index (χ2v) is 10.7. The Morgan fingerprint density at radius 3 is 1.65 bits per heavy atom. The molecule has 0 atom stereocenters. The van der Waals surface area contributed by atoms with Crippen LogP contribution < -0.4 is 0 Å². The highest BCUT2D eigenvalue weighted by atomic mass is 16.3. The first kappa shape index (κ1) is 18.0. The molecule has 0 aliphatic rings. The van der Waals surface area contributed by atoms with E-state index in [-0.39, 0.29) is 46.5 Å². The van der Waals surface area contributed by atoms with Crippen LogP contribution in [0.2, 0.25) is 0 Å². The maximum absolute atomic E-state index is 9.17. The van der Waals surface area contributed by atoms with Crippen molar-refractivity contribution in [2.45, 2.75) is 0 Å². The second-order valence-electron chi connectivity index (χ2n) is 10.7. The van der Waals surface area contributed by atoms with Crippen molar-refractivity contribution in [3.8, 4) is 33.4 Å². The average molecular weight is 554 g/mol. The van der Waals surface area contributed by atoms with E-state index in [1.165, 1.54) is 0 Å². The molecule has 0 bridgehead atoms. The van der Waals surface area contributed by atoms with E-state index >= 15 is 0 Å². The standard InChI is InChI=1S/C42H26O/c1-2-11-27(12-3-1)29-21-23-39-37(25-29)38-26-30(22-24-40(38)43-39)41-33-16-6-8-18-35(33)42(36-19-9-7-17-34(36)41)32-20-10-14-28-13-4-5-15-31(28)32/h1-26H/i4D,5D,10D,13D,14D,15D,20D. The van der Waals surface area contributed by atoms with E-state index in [1.807, 2.05) is 78.9 Å². The van der Waals surface area contributed by atoms with E-state index in [2.05, 4.69) is 36.4 Å². The Kier molecular flexibility index (Phi) is 3.95. The number of fused-ring (bicyclic) bond motifs is 6. The van der Waals surface area contributed by atoms with Gasteiger partial charge in [-0.2, -0.15) is 0 Å². The highest BCUT2D eigenvalue weighted by molar-refractivity contribution is 6.24.